The van der Waals surface area contributed by atoms with Crippen molar-refractivity contribution < 1.29 is 9.31 Å². The highest BCUT2D eigenvalue weighted by atomic mass is 19.1. The van der Waals surface area contributed by atoms with Crippen molar-refractivity contribution in [3.63, 3.8) is 0 Å². The standard InChI is InChI=1S/C15H15FN2O2/c1-2-14(17-15-9-4-3-8-13(15)16)11-6-5-7-12(10-11)18(19)20/h3-10,14,17H,2H2,1H3. The predicted octanol–water partition coefficient (Wildman–Crippen LogP) is 4.30. The van der Waals surface area contributed by atoms with E-state index in [0.29, 0.717) is 12.1 Å². The third-order valence-electron chi connectivity index (χ3n) is 3.10. The molecule has 0 spiro atoms. The van der Waals surface area contributed by atoms with E-state index in [4.69, 9.17) is 0 Å². The summed E-state index contributed by atoms with van der Waals surface area (Å²) in [6.07, 6.45) is 0.690. The number of nitrogens with zero attached hydrogens (tertiary/aromatic N) is 1. The van der Waals surface area contributed by atoms with Crippen LogP contribution in [-0.4, -0.2) is 4.92 Å². The molecule has 0 radical (unpaired) electrons. The first-order chi connectivity index (χ1) is 9.61. The van der Waals surface area contributed by atoms with Gasteiger partial charge in [0.1, 0.15) is 5.82 Å². The molecule has 0 heterocycles. The highest BCUT2D eigenvalue weighted by molar-refractivity contribution is 5.47. The summed E-state index contributed by atoms with van der Waals surface area (Å²) >= 11 is 0. The molecule has 0 aliphatic carbocycles. The van der Waals surface area contributed by atoms with Gasteiger partial charge in [-0.15, -0.1) is 0 Å². The van der Waals surface area contributed by atoms with E-state index in [-0.39, 0.29) is 17.5 Å². The van der Waals surface area contributed by atoms with Gasteiger partial charge in [0, 0.05) is 12.1 Å². The lowest BCUT2D eigenvalue weighted by Gasteiger charge is -2.19. The van der Waals surface area contributed by atoms with E-state index >= 15 is 0 Å². The fourth-order valence-electron chi connectivity index (χ4n) is 2.04. The second kappa shape index (κ2) is 6.14. The van der Waals surface area contributed by atoms with Crippen molar-refractivity contribution in [1.82, 2.24) is 0 Å². The lowest BCUT2D eigenvalue weighted by atomic mass is 10.0. The quantitative estimate of drug-likeness (QED) is 0.653. The molecular weight excluding hydrogens is 259 g/mol. The molecule has 1 unspecified atom stereocenters. The van der Waals surface area contributed by atoms with Crippen molar-refractivity contribution in [2.24, 2.45) is 0 Å². The van der Waals surface area contributed by atoms with Gasteiger partial charge in [-0.2, -0.15) is 0 Å². The van der Waals surface area contributed by atoms with Gasteiger partial charge in [-0.05, 0) is 24.1 Å². The fraction of sp³-hybridized carbons (Fsp3) is 0.200. The van der Waals surface area contributed by atoms with E-state index in [2.05, 4.69) is 5.32 Å². The molecule has 0 saturated heterocycles. The van der Waals surface area contributed by atoms with Gasteiger partial charge < -0.3 is 5.32 Å². The molecule has 0 saturated carbocycles. The lowest BCUT2D eigenvalue weighted by Crippen LogP contribution is -2.11. The van der Waals surface area contributed by atoms with Crippen molar-refractivity contribution >= 4 is 11.4 Å². The Balaban J connectivity index is 2.26. The Kier molecular flexibility index (Phi) is 4.30. The van der Waals surface area contributed by atoms with Crippen LogP contribution in [0, 0.1) is 15.9 Å². The van der Waals surface area contributed by atoms with Crippen molar-refractivity contribution in [3.8, 4) is 0 Å². The molecule has 1 N–H and O–H groups in total. The number of rotatable bonds is 5. The van der Waals surface area contributed by atoms with E-state index in [9.17, 15) is 14.5 Å². The molecule has 0 amide bonds. The Morgan fingerprint density at radius 1 is 1.25 bits per heavy atom. The van der Waals surface area contributed by atoms with E-state index in [1.807, 2.05) is 6.92 Å². The number of nitro groups is 1. The van der Waals surface area contributed by atoms with Gasteiger partial charge >= 0.3 is 0 Å². The van der Waals surface area contributed by atoms with Crippen LogP contribution in [0.1, 0.15) is 24.9 Å². The summed E-state index contributed by atoms with van der Waals surface area (Å²) in [6.45, 7) is 1.94. The molecule has 0 aliphatic heterocycles. The molecule has 0 aromatic heterocycles. The maximum atomic E-state index is 13.6. The number of hydrogen-bond acceptors (Lipinski definition) is 3. The molecule has 0 aliphatic rings. The normalized spacial score (nSPS) is 11.9. The van der Waals surface area contributed by atoms with E-state index in [1.54, 1.807) is 30.3 Å². The summed E-state index contributed by atoms with van der Waals surface area (Å²) in [6, 6.07) is 12.6. The minimum Gasteiger partial charge on any atom is -0.376 e. The summed E-state index contributed by atoms with van der Waals surface area (Å²) in [4.78, 5) is 10.4. The first-order valence-electron chi connectivity index (χ1n) is 6.37. The van der Waals surface area contributed by atoms with Crippen molar-refractivity contribution in [2.75, 3.05) is 5.32 Å². The van der Waals surface area contributed by atoms with Crippen molar-refractivity contribution in [1.29, 1.82) is 0 Å². The maximum Gasteiger partial charge on any atom is 0.269 e. The van der Waals surface area contributed by atoms with E-state index < -0.39 is 4.92 Å². The van der Waals surface area contributed by atoms with Crippen molar-refractivity contribution in [2.45, 2.75) is 19.4 Å². The number of benzene rings is 2. The van der Waals surface area contributed by atoms with Gasteiger partial charge in [-0.1, -0.05) is 31.2 Å². The smallest absolute Gasteiger partial charge is 0.269 e. The maximum absolute atomic E-state index is 13.6. The number of anilines is 1. The zero-order valence-electron chi connectivity index (χ0n) is 11.0. The Labute approximate surface area is 116 Å². The van der Waals surface area contributed by atoms with Crippen LogP contribution < -0.4 is 5.32 Å². The van der Waals surface area contributed by atoms with Crippen LogP contribution in [0.3, 0.4) is 0 Å². The number of hydrogen-bond donors (Lipinski definition) is 1. The summed E-state index contributed by atoms with van der Waals surface area (Å²) in [5, 5.41) is 13.9. The third kappa shape index (κ3) is 3.12. The Morgan fingerprint density at radius 3 is 2.65 bits per heavy atom. The molecule has 1 atom stereocenters. The van der Waals surface area contributed by atoms with Crippen LogP contribution >= 0.6 is 0 Å². The highest BCUT2D eigenvalue weighted by Crippen LogP contribution is 2.26. The molecule has 2 rings (SSSR count). The molecule has 5 heteroatoms. The predicted molar refractivity (Wildman–Crippen MR) is 76.2 cm³/mol. The molecule has 2 aromatic carbocycles. The largest absolute Gasteiger partial charge is 0.376 e. The zero-order valence-corrected chi connectivity index (χ0v) is 11.0. The van der Waals surface area contributed by atoms with Gasteiger partial charge in [0.2, 0.25) is 0 Å². The van der Waals surface area contributed by atoms with Crippen LogP contribution in [0.15, 0.2) is 48.5 Å². The number of para-hydroxylation sites is 1. The monoisotopic (exact) mass is 274 g/mol. The zero-order chi connectivity index (χ0) is 14.5. The van der Waals surface area contributed by atoms with Gasteiger partial charge in [0.05, 0.1) is 16.7 Å². The first kappa shape index (κ1) is 14.0. The van der Waals surface area contributed by atoms with Gasteiger partial charge in [0.25, 0.3) is 5.69 Å². The van der Waals surface area contributed by atoms with Gasteiger partial charge in [0.15, 0.2) is 0 Å². The van der Waals surface area contributed by atoms with Gasteiger partial charge in [-0.25, -0.2) is 4.39 Å². The van der Waals surface area contributed by atoms with Crippen LogP contribution in [0.2, 0.25) is 0 Å². The summed E-state index contributed by atoms with van der Waals surface area (Å²) < 4.78 is 13.6. The second-order valence-corrected chi connectivity index (χ2v) is 4.44. The molecule has 104 valence electrons. The molecule has 0 fully saturated rings. The SMILES string of the molecule is CCC(Nc1ccccc1F)c1cccc([N+](=O)[O-])c1. The second-order valence-electron chi connectivity index (χ2n) is 4.44. The number of nitrogens with one attached hydrogen (secondary N) is 1. The Bertz CT molecular complexity index is 616. The van der Waals surface area contributed by atoms with Crippen molar-refractivity contribution in [3.05, 3.63) is 70.0 Å². The van der Waals surface area contributed by atoms with E-state index in [1.165, 1.54) is 18.2 Å². The molecule has 4 nitrogen and oxygen atoms in total. The highest BCUT2D eigenvalue weighted by Gasteiger charge is 2.14. The molecule has 2 aromatic rings. The van der Waals surface area contributed by atoms with Crippen LogP contribution in [0.5, 0.6) is 0 Å². The summed E-state index contributed by atoms with van der Waals surface area (Å²) in [5.74, 6) is -0.337. The number of nitro benzene ring substituents is 1. The third-order valence-corrected chi connectivity index (χ3v) is 3.10. The average molecular weight is 274 g/mol. The molecule has 0 bridgehead atoms. The minimum absolute atomic E-state index is 0.0382. The van der Waals surface area contributed by atoms with Crippen LogP contribution in [-0.2, 0) is 0 Å². The lowest BCUT2D eigenvalue weighted by molar-refractivity contribution is -0.384. The molecule has 20 heavy (non-hydrogen) atoms. The van der Waals surface area contributed by atoms with E-state index in [0.717, 1.165) is 5.56 Å². The van der Waals surface area contributed by atoms with Gasteiger partial charge in [-0.3, -0.25) is 10.1 Å². The summed E-state index contributed by atoms with van der Waals surface area (Å²) in [7, 11) is 0. The molecular formula is C15H15FN2O2. The Morgan fingerprint density at radius 2 is 2.00 bits per heavy atom. The average Bonchev–Trinajstić information content (AvgIpc) is 2.46. The fourth-order valence-corrected chi connectivity index (χ4v) is 2.04. The summed E-state index contributed by atoms with van der Waals surface area (Å²) in [5.41, 5.74) is 1.20. The number of non-ortho nitro benzene ring substituents is 1. The Hall–Kier alpha value is -2.43. The first-order valence-corrected chi connectivity index (χ1v) is 6.37. The number of halogens is 1. The van der Waals surface area contributed by atoms with Crippen LogP contribution in [0.25, 0.3) is 0 Å². The van der Waals surface area contributed by atoms with Crippen LogP contribution in [0.4, 0.5) is 15.8 Å². The minimum atomic E-state index is -0.431. The topological polar surface area (TPSA) is 55.2 Å².